The van der Waals surface area contributed by atoms with Gasteiger partial charge in [0.25, 0.3) is 5.91 Å². The summed E-state index contributed by atoms with van der Waals surface area (Å²) in [5.74, 6) is -0.187. The van der Waals surface area contributed by atoms with Gasteiger partial charge >= 0.3 is 11.1 Å². The number of benzene rings is 2. The number of nitrogens with zero attached hydrogens (tertiary/aromatic N) is 4. The minimum absolute atomic E-state index is 0.187. The number of aromatic amines is 1. The maximum Gasteiger partial charge on any atom is 0.316 e. The summed E-state index contributed by atoms with van der Waals surface area (Å²) >= 11 is 0. The van der Waals surface area contributed by atoms with Crippen molar-refractivity contribution in [1.82, 2.24) is 24.2 Å². The first-order valence-corrected chi connectivity index (χ1v) is 10.0. The topological polar surface area (TPSA) is 93.0 Å². The molecule has 8 heteroatoms. The Kier molecular flexibility index (Phi) is 5.53. The summed E-state index contributed by atoms with van der Waals surface area (Å²) in [6.07, 6.45) is 3.68. The van der Waals surface area contributed by atoms with Crippen LogP contribution in [0.4, 0.5) is 0 Å². The number of hydrogen-bond acceptors (Lipinski definition) is 4. The first-order chi connectivity index (χ1) is 15.0. The van der Waals surface area contributed by atoms with Crippen LogP contribution in [0, 0.1) is 0 Å². The van der Waals surface area contributed by atoms with Crippen LogP contribution in [0.2, 0.25) is 0 Å². The van der Waals surface area contributed by atoms with Crippen molar-refractivity contribution in [2.45, 2.75) is 26.6 Å². The molecule has 0 aliphatic heterocycles. The second-order valence-electron chi connectivity index (χ2n) is 7.43. The highest BCUT2D eigenvalue weighted by atomic mass is 16.2. The molecule has 0 radical (unpaired) electrons. The number of hydrogen-bond donors (Lipinski definition) is 1. The monoisotopic (exact) mass is 417 g/mol. The molecule has 4 aromatic rings. The van der Waals surface area contributed by atoms with Crippen molar-refractivity contribution in [2.24, 2.45) is 0 Å². The molecule has 0 saturated heterocycles. The summed E-state index contributed by atoms with van der Waals surface area (Å²) in [6.45, 7) is 3.23. The third-order valence-electron chi connectivity index (χ3n) is 5.18. The van der Waals surface area contributed by atoms with Crippen LogP contribution in [-0.2, 0) is 19.6 Å². The fraction of sp³-hybridized carbons (Fsp3) is 0.217. The fourth-order valence-corrected chi connectivity index (χ4v) is 3.64. The maximum atomic E-state index is 12.9. The molecule has 31 heavy (non-hydrogen) atoms. The van der Waals surface area contributed by atoms with E-state index in [9.17, 15) is 14.4 Å². The van der Waals surface area contributed by atoms with Crippen molar-refractivity contribution in [3.05, 3.63) is 98.3 Å². The molecular weight excluding hydrogens is 394 g/mol. The smallest absolute Gasteiger partial charge is 0.316 e. The molecule has 2 aromatic carbocycles. The minimum Gasteiger partial charge on any atom is -0.337 e. The lowest BCUT2D eigenvalue weighted by molar-refractivity contribution is 0.0785. The van der Waals surface area contributed by atoms with Gasteiger partial charge in [-0.1, -0.05) is 30.3 Å². The Labute approximate surface area is 178 Å². The van der Waals surface area contributed by atoms with E-state index in [2.05, 4.69) is 10.1 Å². The molecule has 4 rings (SSSR count). The van der Waals surface area contributed by atoms with Gasteiger partial charge in [0.1, 0.15) is 0 Å². The minimum atomic E-state index is -0.696. The summed E-state index contributed by atoms with van der Waals surface area (Å²) in [4.78, 5) is 41.0. The highest BCUT2D eigenvalue weighted by molar-refractivity contribution is 5.97. The number of aryl methyl sites for hydroxylation is 1. The van der Waals surface area contributed by atoms with E-state index in [1.165, 1.54) is 4.57 Å². The molecule has 0 bridgehead atoms. The van der Waals surface area contributed by atoms with Crippen molar-refractivity contribution >= 4 is 16.9 Å². The highest BCUT2D eigenvalue weighted by Gasteiger charge is 2.15. The molecule has 0 fully saturated rings. The number of aromatic nitrogens is 4. The van der Waals surface area contributed by atoms with Crippen molar-refractivity contribution in [3.8, 4) is 0 Å². The third-order valence-corrected chi connectivity index (χ3v) is 5.18. The van der Waals surface area contributed by atoms with Crippen LogP contribution in [-0.4, -0.2) is 37.2 Å². The van der Waals surface area contributed by atoms with Crippen LogP contribution in [0.5, 0.6) is 0 Å². The van der Waals surface area contributed by atoms with Gasteiger partial charge in [-0.05, 0) is 30.7 Å². The van der Waals surface area contributed by atoms with E-state index < -0.39 is 11.1 Å². The number of carbonyl (C=O) groups excluding carboxylic acids is 1. The lowest BCUT2D eigenvalue weighted by Crippen LogP contribution is -2.36. The van der Waals surface area contributed by atoms with E-state index in [1.54, 1.807) is 43.3 Å². The number of rotatable bonds is 6. The Morgan fingerprint density at radius 3 is 2.61 bits per heavy atom. The Balaban J connectivity index is 1.52. The Hall–Kier alpha value is -3.94. The molecule has 158 valence electrons. The standard InChI is InChI=1S/C23H23N5O3/c1-3-28-20-10-9-18(11-19(20)25-21(29)23(28)31)22(30)26(2)13-17-12-24-27(15-17)14-16-7-5-4-6-8-16/h4-12,15H,3,13-14H2,1-2H3,(H,25,29). The SMILES string of the molecule is CCn1c(=O)c(=O)[nH]c2cc(C(=O)N(C)Cc3cnn(Cc4ccccc4)c3)ccc21. The second-order valence-corrected chi connectivity index (χ2v) is 7.43. The molecule has 0 unspecified atom stereocenters. The molecule has 1 N–H and O–H groups in total. The maximum absolute atomic E-state index is 12.9. The zero-order chi connectivity index (χ0) is 22.0. The summed E-state index contributed by atoms with van der Waals surface area (Å²) < 4.78 is 3.24. The zero-order valence-corrected chi connectivity index (χ0v) is 17.4. The van der Waals surface area contributed by atoms with Crippen LogP contribution in [0.3, 0.4) is 0 Å². The summed E-state index contributed by atoms with van der Waals surface area (Å²) in [5, 5.41) is 4.38. The van der Waals surface area contributed by atoms with Crippen LogP contribution < -0.4 is 11.1 Å². The molecule has 8 nitrogen and oxygen atoms in total. The highest BCUT2D eigenvalue weighted by Crippen LogP contribution is 2.15. The van der Waals surface area contributed by atoms with Gasteiger partial charge in [0.05, 0.1) is 23.8 Å². The molecule has 0 atom stereocenters. The van der Waals surface area contributed by atoms with Crippen molar-refractivity contribution in [3.63, 3.8) is 0 Å². The summed E-state index contributed by atoms with van der Waals surface area (Å²) in [5.41, 5.74) is 2.26. The third kappa shape index (κ3) is 4.18. The van der Waals surface area contributed by atoms with Gasteiger partial charge in [-0.25, -0.2) is 0 Å². The molecule has 0 aliphatic rings. The first kappa shape index (κ1) is 20.3. The van der Waals surface area contributed by atoms with Crippen molar-refractivity contribution < 1.29 is 4.79 Å². The van der Waals surface area contributed by atoms with Gasteiger partial charge in [0.15, 0.2) is 0 Å². The largest absolute Gasteiger partial charge is 0.337 e. The molecule has 2 aromatic heterocycles. The van der Waals surface area contributed by atoms with Gasteiger partial charge in [0, 0.05) is 37.5 Å². The fourth-order valence-electron chi connectivity index (χ4n) is 3.64. The average Bonchev–Trinajstić information content (AvgIpc) is 3.21. The molecule has 0 aliphatic carbocycles. The van der Waals surface area contributed by atoms with Gasteiger partial charge in [-0.15, -0.1) is 0 Å². The van der Waals surface area contributed by atoms with Crippen LogP contribution in [0.25, 0.3) is 11.0 Å². The second kappa shape index (κ2) is 8.43. The van der Waals surface area contributed by atoms with E-state index >= 15 is 0 Å². The number of fused-ring (bicyclic) bond motifs is 1. The Bertz CT molecular complexity index is 1350. The molecule has 1 amide bonds. The Morgan fingerprint density at radius 1 is 1.10 bits per heavy atom. The lowest BCUT2D eigenvalue weighted by atomic mass is 10.1. The number of carbonyl (C=O) groups is 1. The predicted octanol–water partition coefficient (Wildman–Crippen LogP) is 2.23. The average molecular weight is 417 g/mol. The lowest BCUT2D eigenvalue weighted by Gasteiger charge is -2.17. The van der Waals surface area contributed by atoms with E-state index in [-0.39, 0.29) is 5.91 Å². The molecular formula is C23H23N5O3. The summed E-state index contributed by atoms with van der Waals surface area (Å²) in [7, 11) is 1.72. The van der Waals surface area contributed by atoms with Crippen LogP contribution in [0.1, 0.15) is 28.4 Å². The van der Waals surface area contributed by atoms with E-state index in [1.807, 2.05) is 41.2 Å². The van der Waals surface area contributed by atoms with Crippen LogP contribution >= 0.6 is 0 Å². The number of amides is 1. The van der Waals surface area contributed by atoms with Crippen molar-refractivity contribution in [1.29, 1.82) is 0 Å². The number of nitrogens with one attached hydrogen (secondary N) is 1. The molecule has 0 saturated carbocycles. The predicted molar refractivity (Wildman–Crippen MR) is 118 cm³/mol. The van der Waals surface area contributed by atoms with E-state index in [0.717, 1.165) is 11.1 Å². The van der Waals surface area contributed by atoms with Gasteiger partial charge in [-0.2, -0.15) is 5.10 Å². The number of H-pyrrole nitrogens is 1. The summed E-state index contributed by atoms with van der Waals surface area (Å²) in [6, 6.07) is 15.0. The van der Waals surface area contributed by atoms with E-state index in [4.69, 9.17) is 0 Å². The molecule has 0 spiro atoms. The van der Waals surface area contributed by atoms with Gasteiger partial charge in [0.2, 0.25) is 0 Å². The first-order valence-electron chi connectivity index (χ1n) is 10.0. The quantitative estimate of drug-likeness (QED) is 0.487. The van der Waals surface area contributed by atoms with Gasteiger partial charge in [-0.3, -0.25) is 19.1 Å². The van der Waals surface area contributed by atoms with Gasteiger partial charge < -0.3 is 14.5 Å². The Morgan fingerprint density at radius 2 is 1.87 bits per heavy atom. The molecule has 2 heterocycles. The zero-order valence-electron chi connectivity index (χ0n) is 17.4. The van der Waals surface area contributed by atoms with Crippen LogP contribution in [0.15, 0.2) is 70.5 Å². The van der Waals surface area contributed by atoms with Crippen molar-refractivity contribution in [2.75, 3.05) is 7.05 Å². The normalized spacial score (nSPS) is 11.0. The van der Waals surface area contributed by atoms with E-state index in [0.29, 0.717) is 36.2 Å².